The Bertz CT molecular complexity index is 478. The zero-order valence-corrected chi connectivity index (χ0v) is 11.2. The van der Waals surface area contributed by atoms with Crippen LogP contribution in [-0.4, -0.2) is 29.3 Å². The second kappa shape index (κ2) is 5.47. The Morgan fingerprint density at radius 2 is 1.95 bits per heavy atom. The van der Waals surface area contributed by atoms with E-state index in [9.17, 15) is 18.3 Å². The number of anilines is 2. The number of aliphatic hydroxyl groups is 1. The summed E-state index contributed by atoms with van der Waals surface area (Å²) >= 11 is 0. The highest BCUT2D eigenvalue weighted by Gasteiger charge is 2.33. The number of aromatic nitrogens is 1. The van der Waals surface area contributed by atoms with Gasteiger partial charge in [0.25, 0.3) is 0 Å². The number of rotatable bonds is 2. The molecule has 20 heavy (non-hydrogen) atoms. The molecule has 1 heterocycles. The number of nitrogens with zero attached hydrogens (tertiary/aromatic N) is 2. The van der Waals surface area contributed by atoms with Gasteiger partial charge in [-0.1, -0.05) is 12.8 Å². The minimum Gasteiger partial charge on any atom is -0.391 e. The van der Waals surface area contributed by atoms with Gasteiger partial charge in [-0.3, -0.25) is 0 Å². The second-order valence-electron chi connectivity index (χ2n) is 5.17. The lowest BCUT2D eigenvalue weighted by Crippen LogP contribution is -2.44. The lowest BCUT2D eigenvalue weighted by molar-refractivity contribution is -0.137. The minimum atomic E-state index is -4.46. The third-order valence-electron chi connectivity index (χ3n) is 3.71. The molecule has 1 fully saturated rings. The molecule has 2 unspecified atom stereocenters. The number of nitrogen functional groups attached to an aromatic ring is 1. The highest BCUT2D eigenvalue weighted by atomic mass is 19.4. The lowest BCUT2D eigenvalue weighted by atomic mass is 9.91. The van der Waals surface area contributed by atoms with E-state index in [0.29, 0.717) is 6.42 Å². The monoisotopic (exact) mass is 289 g/mol. The fourth-order valence-electron chi connectivity index (χ4n) is 2.59. The van der Waals surface area contributed by atoms with Gasteiger partial charge < -0.3 is 15.7 Å². The summed E-state index contributed by atoms with van der Waals surface area (Å²) in [5, 5.41) is 9.98. The summed E-state index contributed by atoms with van der Waals surface area (Å²) in [5.74, 6) is -0.0322. The molecule has 0 saturated heterocycles. The molecule has 1 aromatic heterocycles. The van der Waals surface area contributed by atoms with Gasteiger partial charge in [-0.25, -0.2) is 4.98 Å². The van der Waals surface area contributed by atoms with Gasteiger partial charge in [-0.2, -0.15) is 13.2 Å². The summed E-state index contributed by atoms with van der Waals surface area (Å²) in [5.41, 5.74) is 4.64. The Balaban J connectivity index is 2.29. The SMILES string of the molecule is CN(c1cc(C(F)(F)F)cc(N)n1)C1CCCCC1O. The van der Waals surface area contributed by atoms with Crippen LogP contribution in [0.4, 0.5) is 24.8 Å². The molecule has 0 aromatic carbocycles. The van der Waals surface area contributed by atoms with E-state index >= 15 is 0 Å². The molecular weight excluding hydrogens is 271 g/mol. The van der Waals surface area contributed by atoms with Crippen molar-refractivity contribution in [3.63, 3.8) is 0 Å². The van der Waals surface area contributed by atoms with Gasteiger partial charge in [0.05, 0.1) is 17.7 Å². The van der Waals surface area contributed by atoms with E-state index < -0.39 is 17.8 Å². The topological polar surface area (TPSA) is 62.4 Å². The van der Waals surface area contributed by atoms with Crippen LogP contribution in [-0.2, 0) is 6.18 Å². The molecule has 1 aliphatic rings. The van der Waals surface area contributed by atoms with Crippen LogP contribution in [0.25, 0.3) is 0 Å². The normalized spacial score (nSPS) is 23.6. The third-order valence-corrected chi connectivity index (χ3v) is 3.71. The Morgan fingerprint density at radius 1 is 1.30 bits per heavy atom. The predicted molar refractivity (Wildman–Crippen MR) is 70.3 cm³/mol. The number of nitrogens with two attached hydrogens (primary N) is 1. The van der Waals surface area contributed by atoms with Crippen LogP contribution in [0.3, 0.4) is 0 Å². The van der Waals surface area contributed by atoms with E-state index in [1.807, 2.05) is 0 Å². The largest absolute Gasteiger partial charge is 0.416 e. The number of pyridine rings is 1. The molecule has 1 saturated carbocycles. The van der Waals surface area contributed by atoms with Crippen molar-refractivity contribution in [3.05, 3.63) is 17.7 Å². The maximum Gasteiger partial charge on any atom is 0.416 e. The Labute approximate surface area is 115 Å². The van der Waals surface area contributed by atoms with Crippen molar-refractivity contribution < 1.29 is 18.3 Å². The Kier molecular flexibility index (Phi) is 4.08. The smallest absolute Gasteiger partial charge is 0.391 e. The molecule has 2 atom stereocenters. The highest BCUT2D eigenvalue weighted by molar-refractivity contribution is 5.49. The number of alkyl halides is 3. The summed E-state index contributed by atoms with van der Waals surface area (Å²) in [6, 6.07) is 1.56. The summed E-state index contributed by atoms with van der Waals surface area (Å²) in [6.45, 7) is 0. The van der Waals surface area contributed by atoms with E-state index in [2.05, 4.69) is 4.98 Å². The summed E-state index contributed by atoms with van der Waals surface area (Å²) in [4.78, 5) is 5.54. The molecular formula is C13H18F3N3O. The average Bonchev–Trinajstić information content (AvgIpc) is 2.37. The third kappa shape index (κ3) is 3.15. The molecule has 0 bridgehead atoms. The predicted octanol–water partition coefficient (Wildman–Crippen LogP) is 2.42. The van der Waals surface area contributed by atoms with Crippen molar-refractivity contribution in [3.8, 4) is 0 Å². The Hall–Kier alpha value is -1.50. The molecule has 0 amide bonds. The van der Waals surface area contributed by atoms with Crippen molar-refractivity contribution in [2.45, 2.75) is 44.0 Å². The van der Waals surface area contributed by atoms with E-state index in [1.165, 1.54) is 0 Å². The van der Waals surface area contributed by atoms with Gasteiger partial charge in [0.1, 0.15) is 11.6 Å². The van der Waals surface area contributed by atoms with E-state index in [-0.39, 0.29) is 17.7 Å². The van der Waals surface area contributed by atoms with Crippen LogP contribution in [0.5, 0.6) is 0 Å². The molecule has 3 N–H and O–H groups in total. The first-order chi connectivity index (χ1) is 9.29. The minimum absolute atomic E-state index is 0.142. The van der Waals surface area contributed by atoms with Crippen molar-refractivity contribution >= 4 is 11.6 Å². The van der Waals surface area contributed by atoms with Crippen LogP contribution >= 0.6 is 0 Å². The first kappa shape index (κ1) is 14.9. The van der Waals surface area contributed by atoms with E-state index in [4.69, 9.17) is 5.73 Å². The molecule has 0 radical (unpaired) electrons. The fourth-order valence-corrected chi connectivity index (χ4v) is 2.59. The summed E-state index contributed by atoms with van der Waals surface area (Å²) < 4.78 is 38.3. The highest BCUT2D eigenvalue weighted by Crippen LogP contribution is 2.33. The molecule has 2 rings (SSSR count). The maximum absolute atomic E-state index is 12.8. The van der Waals surface area contributed by atoms with Gasteiger partial charge in [-0.15, -0.1) is 0 Å². The first-order valence-corrected chi connectivity index (χ1v) is 6.54. The van der Waals surface area contributed by atoms with E-state index in [1.54, 1.807) is 11.9 Å². The molecule has 1 aromatic rings. The molecule has 4 nitrogen and oxygen atoms in total. The van der Waals surface area contributed by atoms with Crippen LogP contribution in [0.15, 0.2) is 12.1 Å². The summed E-state index contributed by atoms with van der Waals surface area (Å²) in [7, 11) is 1.64. The maximum atomic E-state index is 12.8. The van der Waals surface area contributed by atoms with Crippen molar-refractivity contribution in [1.29, 1.82) is 0 Å². The molecule has 1 aliphatic carbocycles. The number of hydrogen-bond acceptors (Lipinski definition) is 4. The van der Waals surface area contributed by atoms with Crippen LogP contribution in [0.2, 0.25) is 0 Å². The number of hydrogen-bond donors (Lipinski definition) is 2. The fraction of sp³-hybridized carbons (Fsp3) is 0.615. The second-order valence-corrected chi connectivity index (χ2v) is 5.17. The van der Waals surface area contributed by atoms with Gasteiger partial charge >= 0.3 is 6.18 Å². The van der Waals surface area contributed by atoms with Crippen LogP contribution in [0.1, 0.15) is 31.2 Å². The zero-order valence-electron chi connectivity index (χ0n) is 11.2. The van der Waals surface area contributed by atoms with Crippen LogP contribution < -0.4 is 10.6 Å². The van der Waals surface area contributed by atoms with Gasteiger partial charge in [0, 0.05) is 7.05 Å². The average molecular weight is 289 g/mol. The van der Waals surface area contributed by atoms with E-state index in [0.717, 1.165) is 31.4 Å². The summed E-state index contributed by atoms with van der Waals surface area (Å²) in [6.07, 6.45) is -1.74. The van der Waals surface area contributed by atoms with Gasteiger partial charge in [-0.05, 0) is 25.0 Å². The van der Waals surface area contributed by atoms with Crippen molar-refractivity contribution in [1.82, 2.24) is 4.98 Å². The lowest BCUT2D eigenvalue weighted by Gasteiger charge is -2.36. The molecule has 0 aliphatic heterocycles. The number of likely N-dealkylation sites (N-methyl/N-ethyl adjacent to an activating group) is 1. The van der Waals surface area contributed by atoms with Crippen molar-refractivity contribution in [2.24, 2.45) is 0 Å². The van der Waals surface area contributed by atoms with Gasteiger partial charge in [0.15, 0.2) is 0 Å². The molecule has 0 spiro atoms. The van der Waals surface area contributed by atoms with Crippen molar-refractivity contribution in [2.75, 3.05) is 17.7 Å². The quantitative estimate of drug-likeness (QED) is 0.877. The Morgan fingerprint density at radius 3 is 2.55 bits per heavy atom. The molecule has 7 heteroatoms. The number of aliphatic hydroxyl groups excluding tert-OH is 1. The van der Waals surface area contributed by atoms with Crippen LogP contribution in [0, 0.1) is 0 Å². The molecule has 112 valence electrons. The standard InChI is InChI=1S/C13H18F3N3O/c1-19(9-4-2-3-5-10(9)20)12-7-8(13(14,15)16)6-11(17)18-12/h6-7,9-10,20H,2-5H2,1H3,(H2,17,18). The number of halogens is 3. The van der Waals surface area contributed by atoms with Gasteiger partial charge in [0.2, 0.25) is 0 Å². The zero-order chi connectivity index (χ0) is 14.9. The first-order valence-electron chi connectivity index (χ1n) is 6.54.